The van der Waals surface area contributed by atoms with Crippen molar-refractivity contribution in [2.75, 3.05) is 6.54 Å². The van der Waals surface area contributed by atoms with Crippen molar-refractivity contribution in [2.24, 2.45) is 0 Å². The van der Waals surface area contributed by atoms with E-state index in [1.165, 1.54) is 41.7 Å². The number of aromatic nitrogens is 1. The van der Waals surface area contributed by atoms with Crippen LogP contribution in [0.25, 0.3) is 23.4 Å². The lowest BCUT2D eigenvalue weighted by Gasteiger charge is -1.99. The minimum atomic E-state index is 1.03. The predicted molar refractivity (Wildman–Crippen MR) is 110 cm³/mol. The second-order valence-corrected chi connectivity index (χ2v) is 6.71. The molecule has 0 radical (unpaired) electrons. The molecule has 2 heteroatoms. The number of unbranched alkanes of at least 4 members (excludes halogenated alkanes) is 3. The van der Waals surface area contributed by atoms with E-state index in [1.807, 2.05) is 24.4 Å². The van der Waals surface area contributed by atoms with Gasteiger partial charge >= 0.3 is 0 Å². The zero-order chi connectivity index (χ0) is 18.0. The van der Waals surface area contributed by atoms with Gasteiger partial charge in [-0.2, -0.15) is 0 Å². The molecule has 0 spiro atoms. The first kappa shape index (κ1) is 18.1. The number of hydrogen-bond donors (Lipinski definition) is 1. The van der Waals surface area contributed by atoms with Gasteiger partial charge in [0.25, 0.3) is 0 Å². The summed E-state index contributed by atoms with van der Waals surface area (Å²) in [5.41, 5.74) is 0. The van der Waals surface area contributed by atoms with Gasteiger partial charge < -0.3 is 0 Å². The Bertz CT molecular complexity index is 973. The normalized spacial score (nSPS) is 12.2. The van der Waals surface area contributed by atoms with Crippen molar-refractivity contribution < 1.29 is 9.56 Å². The highest BCUT2D eigenvalue weighted by Crippen LogP contribution is 2.09. The largest absolute Gasteiger partial charge is 0.248 e. The highest BCUT2D eigenvalue weighted by atomic mass is 14.9. The highest BCUT2D eigenvalue weighted by molar-refractivity contribution is 5.86. The third-order valence-electron chi connectivity index (χ3n) is 4.67. The van der Waals surface area contributed by atoms with Crippen molar-refractivity contribution in [3.8, 4) is 0 Å². The second kappa shape index (κ2) is 9.67. The van der Waals surface area contributed by atoms with Crippen LogP contribution in [0.15, 0.2) is 67.0 Å². The summed E-state index contributed by atoms with van der Waals surface area (Å²) in [7, 11) is 0. The number of aryl methyl sites for hydroxylation is 1. The number of benzene rings is 2. The van der Waals surface area contributed by atoms with E-state index in [0.717, 1.165) is 18.3 Å². The topological polar surface area (TPSA) is 17.9 Å². The molecular weight excluding hydrogens is 316 g/mol. The van der Waals surface area contributed by atoms with Crippen LogP contribution in [0.1, 0.15) is 25.7 Å². The first-order chi connectivity index (χ1) is 12.8. The molecule has 0 aliphatic rings. The average molecular weight is 345 g/mol. The van der Waals surface area contributed by atoms with Crippen molar-refractivity contribution in [1.82, 2.24) is 0 Å². The Labute approximate surface area is 155 Å². The van der Waals surface area contributed by atoms with Crippen LogP contribution in [-0.2, 0) is 6.54 Å². The summed E-state index contributed by atoms with van der Waals surface area (Å²) in [4.78, 5) is 3.38. The van der Waals surface area contributed by atoms with Crippen LogP contribution in [-0.4, -0.2) is 12.8 Å². The zero-order valence-electron chi connectivity index (χ0n) is 15.4. The monoisotopic (exact) mass is 344 g/mol. The van der Waals surface area contributed by atoms with Gasteiger partial charge in [-0.05, 0) is 34.7 Å². The number of rotatable bonds is 8. The molecule has 26 heavy (non-hydrogen) atoms. The molecule has 0 saturated carbocycles. The van der Waals surface area contributed by atoms with Crippen LogP contribution >= 0.6 is 0 Å². The van der Waals surface area contributed by atoms with Crippen molar-refractivity contribution in [3.63, 3.8) is 0 Å². The van der Waals surface area contributed by atoms with Gasteiger partial charge in [-0.3, -0.25) is 0 Å². The summed E-state index contributed by atoms with van der Waals surface area (Å²) in [5.74, 6) is 0. The number of nitrogens with zero attached hydrogens (tertiary/aromatic N) is 1. The van der Waals surface area contributed by atoms with Gasteiger partial charge in [0.05, 0.1) is 0 Å². The van der Waals surface area contributed by atoms with Crippen molar-refractivity contribution in [3.05, 3.63) is 77.4 Å². The van der Waals surface area contributed by atoms with Gasteiger partial charge in [-0.25, -0.2) is 9.56 Å². The fraction of sp³-hybridized carbons (Fsp3) is 0.250. The van der Waals surface area contributed by atoms with Crippen LogP contribution in [0.5, 0.6) is 0 Å². The smallest absolute Gasteiger partial charge is 0.176 e. The Morgan fingerprint density at radius 2 is 1.62 bits per heavy atom. The quantitative estimate of drug-likeness (QED) is 0.364. The standard InChI is InChI=1S/C24H27N2/c1-21-10-4-5-11-22(21)14-17-25-16-8-2-3-9-18-26-19-15-23-12-6-7-13-24(23)20-26/h4-7,10-15,17,19-20H,1-3,8-9,16,18H2/q+1/p+1/b22-14-,25-17?. The molecule has 132 valence electrons. The lowest BCUT2D eigenvalue weighted by Crippen LogP contribution is -2.68. The molecule has 0 aliphatic carbocycles. The minimum absolute atomic E-state index is 1.03. The first-order valence-corrected chi connectivity index (χ1v) is 9.52. The summed E-state index contributed by atoms with van der Waals surface area (Å²) >= 11 is 0. The van der Waals surface area contributed by atoms with Gasteiger partial charge in [0.1, 0.15) is 13.1 Å². The maximum atomic E-state index is 4.03. The molecule has 0 fully saturated rings. The Hall–Kier alpha value is -2.74. The molecule has 0 bridgehead atoms. The molecule has 2 nitrogen and oxygen atoms in total. The third kappa shape index (κ3) is 5.38. The van der Waals surface area contributed by atoms with Crippen LogP contribution in [0, 0.1) is 0 Å². The van der Waals surface area contributed by atoms with E-state index in [1.54, 1.807) is 0 Å². The van der Waals surface area contributed by atoms with Gasteiger partial charge in [0.15, 0.2) is 18.6 Å². The number of hydrogen-bond acceptors (Lipinski definition) is 0. The van der Waals surface area contributed by atoms with E-state index in [2.05, 4.69) is 71.0 Å². The van der Waals surface area contributed by atoms with Crippen LogP contribution in [0.2, 0.25) is 0 Å². The van der Waals surface area contributed by atoms with Crippen LogP contribution in [0.3, 0.4) is 0 Å². The molecule has 0 saturated heterocycles. The van der Waals surface area contributed by atoms with E-state index in [4.69, 9.17) is 0 Å². The van der Waals surface area contributed by atoms with Gasteiger partial charge in [0.2, 0.25) is 0 Å². The molecule has 1 aromatic heterocycles. The van der Waals surface area contributed by atoms with Gasteiger partial charge in [0, 0.05) is 30.4 Å². The summed E-state index contributed by atoms with van der Waals surface area (Å²) < 4.78 is 2.31. The SMILES string of the molecule is C=c1cccc/c1=C/C=[NH+]CCCCCC[n+]1ccc2ccccc2c1. The van der Waals surface area contributed by atoms with E-state index >= 15 is 0 Å². The van der Waals surface area contributed by atoms with E-state index in [0.29, 0.717) is 0 Å². The average Bonchev–Trinajstić information content (AvgIpc) is 2.68. The molecule has 1 heterocycles. The molecule has 1 N–H and O–H groups in total. The molecule has 3 aromatic rings. The molecule has 0 aliphatic heterocycles. The Kier molecular flexibility index (Phi) is 6.72. The van der Waals surface area contributed by atoms with Crippen LogP contribution < -0.4 is 20.0 Å². The second-order valence-electron chi connectivity index (χ2n) is 6.71. The molecule has 3 rings (SSSR count). The Morgan fingerprint density at radius 3 is 2.50 bits per heavy atom. The lowest BCUT2D eigenvalue weighted by atomic mass is 10.1. The fourth-order valence-electron chi connectivity index (χ4n) is 3.12. The number of pyridine rings is 1. The minimum Gasteiger partial charge on any atom is -0.248 e. The molecule has 2 aromatic carbocycles. The summed E-state index contributed by atoms with van der Waals surface area (Å²) in [6, 6.07) is 18.9. The van der Waals surface area contributed by atoms with Crippen molar-refractivity contribution in [2.45, 2.75) is 32.2 Å². The zero-order valence-corrected chi connectivity index (χ0v) is 15.4. The van der Waals surface area contributed by atoms with Crippen molar-refractivity contribution >= 4 is 29.6 Å². The lowest BCUT2D eigenvalue weighted by molar-refractivity contribution is -0.696. The maximum Gasteiger partial charge on any atom is 0.176 e. The molecule has 0 atom stereocenters. The van der Waals surface area contributed by atoms with E-state index in [9.17, 15) is 0 Å². The first-order valence-electron chi connectivity index (χ1n) is 9.52. The van der Waals surface area contributed by atoms with Gasteiger partial charge in [-0.15, -0.1) is 0 Å². The third-order valence-corrected chi connectivity index (χ3v) is 4.67. The Balaban J connectivity index is 1.34. The van der Waals surface area contributed by atoms with Crippen molar-refractivity contribution in [1.29, 1.82) is 0 Å². The van der Waals surface area contributed by atoms with Gasteiger partial charge in [-0.1, -0.05) is 49.0 Å². The fourth-order valence-corrected chi connectivity index (χ4v) is 3.12. The van der Waals surface area contributed by atoms with Crippen LogP contribution in [0.4, 0.5) is 0 Å². The maximum absolute atomic E-state index is 4.03. The predicted octanol–water partition coefficient (Wildman–Crippen LogP) is 1.73. The highest BCUT2D eigenvalue weighted by Gasteiger charge is 2.02. The number of nitrogens with one attached hydrogen (secondary N) is 1. The molecule has 0 amide bonds. The molecular formula is C24H28N2+2. The Morgan fingerprint density at radius 1 is 0.846 bits per heavy atom. The molecule has 0 unspecified atom stereocenters. The van der Waals surface area contributed by atoms with E-state index < -0.39 is 0 Å². The summed E-state index contributed by atoms with van der Waals surface area (Å²) in [6.07, 6.45) is 13.5. The number of fused-ring (bicyclic) bond motifs is 1. The van der Waals surface area contributed by atoms with E-state index in [-0.39, 0.29) is 0 Å². The summed E-state index contributed by atoms with van der Waals surface area (Å²) in [6.45, 7) is 6.15. The summed E-state index contributed by atoms with van der Waals surface area (Å²) in [5, 5.41) is 4.86.